The van der Waals surface area contributed by atoms with Gasteiger partial charge in [0.1, 0.15) is 5.75 Å². The van der Waals surface area contributed by atoms with Crippen molar-refractivity contribution in [1.82, 2.24) is 5.32 Å². The molecular formula is C23H31NO2S. The van der Waals surface area contributed by atoms with Crippen LogP contribution in [0.3, 0.4) is 0 Å². The summed E-state index contributed by atoms with van der Waals surface area (Å²) in [7, 11) is 1.66. The lowest BCUT2D eigenvalue weighted by Crippen LogP contribution is -2.30. The highest BCUT2D eigenvalue weighted by Gasteiger charge is 2.16. The Balaban J connectivity index is 1.92. The lowest BCUT2D eigenvalue weighted by molar-refractivity contribution is -0.119. The molecule has 1 atom stereocenters. The normalized spacial score (nSPS) is 12.1. The molecule has 3 nitrogen and oxygen atoms in total. The molecule has 1 amide bonds. The number of ether oxygens (including phenoxy) is 1. The number of hydrogen-bond donors (Lipinski definition) is 1. The molecule has 2 aromatic carbocycles. The molecule has 0 fully saturated rings. The monoisotopic (exact) mass is 385 g/mol. The van der Waals surface area contributed by atoms with Crippen LogP contribution in [0.2, 0.25) is 0 Å². The second-order valence-corrected chi connectivity index (χ2v) is 8.50. The van der Waals surface area contributed by atoms with Crippen molar-refractivity contribution < 1.29 is 9.53 Å². The first-order valence-corrected chi connectivity index (χ1v) is 10.6. The Kier molecular flexibility index (Phi) is 8.23. The number of thioether (sulfide) groups is 1. The van der Waals surface area contributed by atoms with Crippen LogP contribution in [0.5, 0.6) is 5.75 Å². The molecule has 0 spiro atoms. The third kappa shape index (κ3) is 7.30. The van der Waals surface area contributed by atoms with E-state index in [1.807, 2.05) is 24.3 Å². The fourth-order valence-electron chi connectivity index (χ4n) is 3.24. The standard InChI is InChI=1S/C23H31NO2S/c1-16(2)10-22(20-6-8-21(26-5)9-7-20)24-23(25)15-27-14-19-12-17(3)11-18(4)13-19/h6-9,11-13,16,22H,10,14-15H2,1-5H3,(H,24,25). The number of aryl methyl sites for hydroxylation is 2. The highest BCUT2D eigenvalue weighted by atomic mass is 32.2. The molecule has 146 valence electrons. The summed E-state index contributed by atoms with van der Waals surface area (Å²) < 4.78 is 5.23. The molecular weight excluding hydrogens is 354 g/mol. The molecule has 4 heteroatoms. The van der Waals surface area contributed by atoms with E-state index in [4.69, 9.17) is 4.74 Å². The molecule has 0 aliphatic heterocycles. The van der Waals surface area contributed by atoms with E-state index in [9.17, 15) is 4.79 Å². The van der Waals surface area contributed by atoms with E-state index in [1.165, 1.54) is 16.7 Å². The SMILES string of the molecule is COc1ccc(C(CC(C)C)NC(=O)CSCc2cc(C)cc(C)c2)cc1. The number of nitrogens with one attached hydrogen (secondary N) is 1. The molecule has 0 aromatic heterocycles. The van der Waals surface area contributed by atoms with Crippen molar-refractivity contribution in [2.24, 2.45) is 5.92 Å². The van der Waals surface area contributed by atoms with Crippen molar-refractivity contribution in [1.29, 1.82) is 0 Å². The summed E-state index contributed by atoms with van der Waals surface area (Å²) >= 11 is 1.66. The minimum absolute atomic E-state index is 0.0326. The highest BCUT2D eigenvalue weighted by Crippen LogP contribution is 2.24. The summed E-state index contributed by atoms with van der Waals surface area (Å²) in [6, 6.07) is 14.6. The molecule has 2 rings (SSSR count). The van der Waals surface area contributed by atoms with Crippen LogP contribution in [0.25, 0.3) is 0 Å². The summed E-state index contributed by atoms with van der Waals surface area (Å²) in [5.41, 5.74) is 4.94. The Morgan fingerprint density at radius 2 is 1.70 bits per heavy atom. The zero-order valence-electron chi connectivity index (χ0n) is 17.0. The summed E-state index contributed by atoms with van der Waals surface area (Å²) in [5, 5.41) is 3.21. The predicted molar refractivity (Wildman–Crippen MR) is 115 cm³/mol. The van der Waals surface area contributed by atoms with E-state index in [0.717, 1.165) is 23.5 Å². The van der Waals surface area contributed by atoms with Crippen LogP contribution < -0.4 is 10.1 Å². The average molecular weight is 386 g/mol. The Morgan fingerprint density at radius 1 is 1.07 bits per heavy atom. The third-order valence-corrected chi connectivity index (χ3v) is 5.35. The van der Waals surface area contributed by atoms with Crippen LogP contribution in [0.1, 0.15) is 48.6 Å². The molecule has 1 N–H and O–H groups in total. The Hall–Kier alpha value is -1.94. The molecule has 0 bridgehead atoms. The van der Waals surface area contributed by atoms with Crippen LogP contribution in [0.4, 0.5) is 0 Å². The molecule has 0 heterocycles. The smallest absolute Gasteiger partial charge is 0.230 e. The van der Waals surface area contributed by atoms with Crippen molar-refractivity contribution in [2.45, 2.75) is 45.9 Å². The molecule has 0 aliphatic carbocycles. The van der Waals surface area contributed by atoms with Crippen LogP contribution in [-0.2, 0) is 10.5 Å². The molecule has 0 saturated heterocycles. The van der Waals surface area contributed by atoms with Crippen molar-refractivity contribution in [3.63, 3.8) is 0 Å². The van der Waals surface area contributed by atoms with Crippen molar-refractivity contribution in [3.8, 4) is 5.75 Å². The van der Waals surface area contributed by atoms with E-state index in [1.54, 1.807) is 18.9 Å². The average Bonchev–Trinajstić information content (AvgIpc) is 2.60. The fraction of sp³-hybridized carbons (Fsp3) is 0.435. The maximum Gasteiger partial charge on any atom is 0.230 e. The second-order valence-electron chi connectivity index (χ2n) is 7.51. The van der Waals surface area contributed by atoms with Gasteiger partial charge in [-0.3, -0.25) is 4.79 Å². The van der Waals surface area contributed by atoms with Gasteiger partial charge in [0.2, 0.25) is 5.91 Å². The largest absolute Gasteiger partial charge is 0.497 e. The topological polar surface area (TPSA) is 38.3 Å². The number of amides is 1. The van der Waals surface area contributed by atoms with Gasteiger partial charge >= 0.3 is 0 Å². The van der Waals surface area contributed by atoms with Crippen LogP contribution >= 0.6 is 11.8 Å². The van der Waals surface area contributed by atoms with Crippen LogP contribution in [0.15, 0.2) is 42.5 Å². The molecule has 0 radical (unpaired) electrons. The highest BCUT2D eigenvalue weighted by molar-refractivity contribution is 7.99. The first-order valence-electron chi connectivity index (χ1n) is 9.45. The van der Waals surface area contributed by atoms with Gasteiger partial charge in [-0.25, -0.2) is 0 Å². The van der Waals surface area contributed by atoms with Gasteiger partial charge in [0.05, 0.1) is 18.9 Å². The molecule has 0 aliphatic rings. The molecule has 0 saturated carbocycles. The maximum atomic E-state index is 12.5. The molecule has 27 heavy (non-hydrogen) atoms. The van der Waals surface area contributed by atoms with Gasteiger partial charge in [0.25, 0.3) is 0 Å². The van der Waals surface area contributed by atoms with Gasteiger partial charge in [0, 0.05) is 5.75 Å². The lowest BCUT2D eigenvalue weighted by Gasteiger charge is -2.21. The van der Waals surface area contributed by atoms with Gasteiger partial charge in [0.15, 0.2) is 0 Å². The summed E-state index contributed by atoms with van der Waals surface area (Å²) in [6.07, 6.45) is 0.916. The first kappa shape index (κ1) is 21.4. The van der Waals surface area contributed by atoms with Gasteiger partial charge in [-0.15, -0.1) is 11.8 Å². The maximum absolute atomic E-state index is 12.5. The quantitative estimate of drug-likeness (QED) is 0.624. The first-order chi connectivity index (χ1) is 12.9. The summed E-state index contributed by atoms with van der Waals surface area (Å²) in [6.45, 7) is 8.58. The van der Waals surface area contributed by atoms with E-state index in [-0.39, 0.29) is 11.9 Å². The zero-order chi connectivity index (χ0) is 19.8. The van der Waals surface area contributed by atoms with E-state index < -0.39 is 0 Å². The van der Waals surface area contributed by atoms with E-state index >= 15 is 0 Å². The minimum atomic E-state index is 0.0326. The van der Waals surface area contributed by atoms with Gasteiger partial charge in [-0.05, 0) is 49.4 Å². The van der Waals surface area contributed by atoms with Gasteiger partial charge in [-0.2, -0.15) is 0 Å². The fourth-order valence-corrected chi connectivity index (χ4v) is 4.01. The molecule has 1 unspecified atom stereocenters. The summed E-state index contributed by atoms with van der Waals surface area (Å²) in [5.74, 6) is 2.74. The van der Waals surface area contributed by atoms with Crippen molar-refractivity contribution in [2.75, 3.05) is 12.9 Å². The summed E-state index contributed by atoms with van der Waals surface area (Å²) in [4.78, 5) is 12.5. The van der Waals surface area contributed by atoms with Crippen molar-refractivity contribution >= 4 is 17.7 Å². The number of carbonyl (C=O) groups is 1. The Bertz CT molecular complexity index is 720. The number of benzene rings is 2. The van der Waals surface area contributed by atoms with Gasteiger partial charge in [-0.1, -0.05) is 55.3 Å². The number of hydrogen-bond acceptors (Lipinski definition) is 3. The minimum Gasteiger partial charge on any atom is -0.497 e. The van der Waals surface area contributed by atoms with Crippen LogP contribution in [0, 0.1) is 19.8 Å². The second kappa shape index (κ2) is 10.4. The van der Waals surface area contributed by atoms with Crippen LogP contribution in [-0.4, -0.2) is 18.8 Å². The van der Waals surface area contributed by atoms with E-state index in [2.05, 4.69) is 51.2 Å². The lowest BCUT2D eigenvalue weighted by atomic mass is 9.97. The Morgan fingerprint density at radius 3 is 2.26 bits per heavy atom. The van der Waals surface area contributed by atoms with Crippen molar-refractivity contribution in [3.05, 3.63) is 64.7 Å². The zero-order valence-corrected chi connectivity index (χ0v) is 17.9. The third-order valence-electron chi connectivity index (χ3n) is 4.34. The predicted octanol–water partition coefficient (Wildman–Crippen LogP) is 5.45. The Labute approximate surface area is 167 Å². The number of carbonyl (C=O) groups excluding carboxylic acids is 1. The molecule has 2 aromatic rings. The number of methoxy groups -OCH3 is 1. The van der Waals surface area contributed by atoms with Gasteiger partial charge < -0.3 is 10.1 Å². The number of rotatable bonds is 9. The van der Waals surface area contributed by atoms with E-state index in [0.29, 0.717) is 11.7 Å².